The lowest BCUT2D eigenvalue weighted by atomic mass is 9.83. The lowest BCUT2D eigenvalue weighted by molar-refractivity contribution is -0.0389. The maximum atomic E-state index is 13.1. The van der Waals surface area contributed by atoms with E-state index in [1.165, 1.54) is 0 Å². The van der Waals surface area contributed by atoms with Crippen LogP contribution in [-0.4, -0.2) is 43.1 Å². The molecule has 0 aliphatic carbocycles. The molecule has 6 nitrogen and oxygen atoms in total. The van der Waals surface area contributed by atoms with Crippen molar-refractivity contribution in [3.63, 3.8) is 0 Å². The molecule has 2 aromatic carbocycles. The first-order chi connectivity index (χ1) is 14.1. The molecule has 2 aromatic rings. The van der Waals surface area contributed by atoms with Crippen LogP contribution in [0.25, 0.3) is 0 Å². The average Bonchev–Trinajstić information content (AvgIpc) is 3.01. The van der Waals surface area contributed by atoms with Gasteiger partial charge in [0.05, 0.1) is 18.8 Å². The van der Waals surface area contributed by atoms with Gasteiger partial charge in [-0.15, -0.1) is 0 Å². The van der Waals surface area contributed by atoms with Crippen LogP contribution in [0, 0.1) is 0 Å². The maximum absolute atomic E-state index is 13.1. The first-order valence-corrected chi connectivity index (χ1v) is 10.1. The average molecular weight is 395 g/mol. The largest absolute Gasteiger partial charge is 0.490 e. The summed E-state index contributed by atoms with van der Waals surface area (Å²) in [7, 11) is 0. The first-order valence-electron chi connectivity index (χ1n) is 10.1. The molecule has 1 saturated heterocycles. The third kappa shape index (κ3) is 3.43. The minimum Gasteiger partial charge on any atom is -0.490 e. The third-order valence-electron chi connectivity index (χ3n) is 5.57. The van der Waals surface area contributed by atoms with Gasteiger partial charge < -0.3 is 19.1 Å². The van der Waals surface area contributed by atoms with E-state index in [2.05, 4.69) is 0 Å². The molecular formula is C23H25NO5. The number of rotatable bonds is 5. The van der Waals surface area contributed by atoms with Crippen molar-refractivity contribution in [3.8, 4) is 11.5 Å². The second-order valence-corrected chi connectivity index (χ2v) is 7.25. The van der Waals surface area contributed by atoms with Gasteiger partial charge in [0, 0.05) is 37.1 Å². The van der Waals surface area contributed by atoms with Gasteiger partial charge in [-0.05, 0) is 38.1 Å². The fourth-order valence-electron chi connectivity index (χ4n) is 4.15. The number of piperidine rings is 1. The molecule has 0 radical (unpaired) electrons. The van der Waals surface area contributed by atoms with Crippen molar-refractivity contribution in [1.82, 2.24) is 4.90 Å². The molecule has 2 aliphatic heterocycles. The zero-order valence-electron chi connectivity index (χ0n) is 16.8. The van der Waals surface area contributed by atoms with Gasteiger partial charge in [0.1, 0.15) is 5.60 Å². The monoisotopic (exact) mass is 395 g/mol. The van der Waals surface area contributed by atoms with Gasteiger partial charge in [-0.1, -0.05) is 18.2 Å². The van der Waals surface area contributed by atoms with Crippen LogP contribution in [0.2, 0.25) is 0 Å². The number of benzene rings is 2. The number of amides is 1. The Bertz CT molecular complexity index is 931. The van der Waals surface area contributed by atoms with Crippen LogP contribution in [0.4, 0.5) is 0 Å². The predicted octanol–water partition coefficient (Wildman–Crippen LogP) is 3.79. The molecule has 6 heteroatoms. The number of carbonyl (C=O) groups is 2. The molecule has 1 spiro atoms. The minimum atomic E-state index is -0.611. The van der Waals surface area contributed by atoms with Crippen molar-refractivity contribution in [2.75, 3.05) is 26.3 Å². The van der Waals surface area contributed by atoms with E-state index in [1.54, 1.807) is 24.3 Å². The van der Waals surface area contributed by atoms with Crippen LogP contribution in [-0.2, 0) is 10.3 Å². The molecule has 0 aromatic heterocycles. The van der Waals surface area contributed by atoms with E-state index >= 15 is 0 Å². The van der Waals surface area contributed by atoms with Crippen molar-refractivity contribution in [2.24, 2.45) is 0 Å². The Hall–Kier alpha value is -3.02. The highest BCUT2D eigenvalue weighted by Gasteiger charge is 2.47. The van der Waals surface area contributed by atoms with Gasteiger partial charge in [0.2, 0.25) is 0 Å². The summed E-state index contributed by atoms with van der Waals surface area (Å²) in [6.07, 6.45) is 1.19. The van der Waals surface area contributed by atoms with Crippen LogP contribution in [0.15, 0.2) is 42.5 Å². The summed E-state index contributed by atoms with van der Waals surface area (Å²) >= 11 is 0. The second kappa shape index (κ2) is 7.78. The number of hydrogen-bond donors (Lipinski definition) is 0. The summed E-state index contributed by atoms with van der Waals surface area (Å²) < 4.78 is 17.0. The molecule has 152 valence electrons. The standard InChI is InChI=1S/C23H25NO5/c1-3-27-19-10-9-16(15-20(19)28-4-2)21(25)24-13-11-23(12-14-24)18-8-6-5-7-17(18)22(26)29-23/h5-10,15H,3-4,11-14H2,1-2H3. The van der Waals surface area contributed by atoms with Gasteiger partial charge in [-0.2, -0.15) is 0 Å². The quantitative estimate of drug-likeness (QED) is 0.721. The topological polar surface area (TPSA) is 65.1 Å². The Balaban J connectivity index is 1.50. The minimum absolute atomic E-state index is 0.0542. The van der Waals surface area contributed by atoms with Crippen molar-refractivity contribution < 1.29 is 23.8 Å². The Kier molecular flexibility index (Phi) is 5.18. The molecule has 0 bridgehead atoms. The molecule has 0 unspecified atom stereocenters. The number of carbonyl (C=O) groups excluding carboxylic acids is 2. The van der Waals surface area contributed by atoms with Crippen LogP contribution in [0.1, 0.15) is 53.0 Å². The number of nitrogens with zero attached hydrogens (tertiary/aromatic N) is 1. The Morgan fingerprint density at radius 3 is 2.45 bits per heavy atom. The van der Waals surface area contributed by atoms with Crippen LogP contribution in [0.5, 0.6) is 11.5 Å². The molecule has 0 N–H and O–H groups in total. The molecule has 0 atom stereocenters. The number of esters is 1. The van der Waals surface area contributed by atoms with E-state index in [-0.39, 0.29) is 11.9 Å². The van der Waals surface area contributed by atoms with E-state index in [0.29, 0.717) is 61.8 Å². The highest BCUT2D eigenvalue weighted by Crippen LogP contribution is 2.44. The molecule has 1 amide bonds. The number of ether oxygens (including phenoxy) is 3. The van der Waals surface area contributed by atoms with E-state index in [9.17, 15) is 9.59 Å². The summed E-state index contributed by atoms with van der Waals surface area (Å²) in [6.45, 7) is 5.88. The number of hydrogen-bond acceptors (Lipinski definition) is 5. The lowest BCUT2D eigenvalue weighted by Gasteiger charge is -2.38. The van der Waals surface area contributed by atoms with Crippen molar-refractivity contribution in [2.45, 2.75) is 32.3 Å². The zero-order chi connectivity index (χ0) is 20.4. The SMILES string of the molecule is CCOc1ccc(C(=O)N2CCC3(CC2)OC(=O)c2ccccc23)cc1OCC. The lowest BCUT2D eigenvalue weighted by Crippen LogP contribution is -2.45. The summed E-state index contributed by atoms with van der Waals surface area (Å²) in [5.74, 6) is 0.889. The highest BCUT2D eigenvalue weighted by molar-refractivity contribution is 5.96. The van der Waals surface area contributed by atoms with E-state index in [4.69, 9.17) is 14.2 Å². The second-order valence-electron chi connectivity index (χ2n) is 7.25. The maximum Gasteiger partial charge on any atom is 0.339 e. The molecule has 29 heavy (non-hydrogen) atoms. The number of fused-ring (bicyclic) bond motifs is 2. The third-order valence-corrected chi connectivity index (χ3v) is 5.57. The van der Waals surface area contributed by atoms with Crippen LogP contribution >= 0.6 is 0 Å². The molecular weight excluding hydrogens is 370 g/mol. The van der Waals surface area contributed by atoms with Crippen LogP contribution in [0.3, 0.4) is 0 Å². The van der Waals surface area contributed by atoms with Crippen molar-refractivity contribution in [3.05, 3.63) is 59.2 Å². The fourth-order valence-corrected chi connectivity index (χ4v) is 4.15. The molecule has 0 saturated carbocycles. The smallest absolute Gasteiger partial charge is 0.339 e. The van der Waals surface area contributed by atoms with Crippen molar-refractivity contribution >= 4 is 11.9 Å². The molecule has 2 aliphatic rings. The van der Waals surface area contributed by atoms with E-state index in [0.717, 1.165) is 5.56 Å². The Morgan fingerprint density at radius 2 is 1.72 bits per heavy atom. The predicted molar refractivity (Wildman–Crippen MR) is 107 cm³/mol. The number of likely N-dealkylation sites (tertiary alicyclic amines) is 1. The van der Waals surface area contributed by atoms with Gasteiger partial charge in [-0.3, -0.25) is 4.79 Å². The van der Waals surface area contributed by atoms with Gasteiger partial charge >= 0.3 is 5.97 Å². The highest BCUT2D eigenvalue weighted by atomic mass is 16.6. The Labute approximate surface area is 170 Å². The van der Waals surface area contributed by atoms with E-state index < -0.39 is 5.60 Å². The van der Waals surface area contributed by atoms with Crippen molar-refractivity contribution in [1.29, 1.82) is 0 Å². The van der Waals surface area contributed by atoms with Gasteiger partial charge in [0.25, 0.3) is 5.91 Å². The van der Waals surface area contributed by atoms with Gasteiger partial charge in [-0.25, -0.2) is 4.79 Å². The summed E-state index contributed by atoms with van der Waals surface area (Å²) in [6, 6.07) is 12.8. The van der Waals surface area contributed by atoms with Gasteiger partial charge in [0.15, 0.2) is 11.5 Å². The molecule has 2 heterocycles. The zero-order valence-corrected chi connectivity index (χ0v) is 16.8. The Morgan fingerprint density at radius 1 is 1.03 bits per heavy atom. The molecule has 1 fully saturated rings. The molecule has 4 rings (SSSR count). The summed E-state index contributed by atoms with van der Waals surface area (Å²) in [4.78, 5) is 27.1. The summed E-state index contributed by atoms with van der Waals surface area (Å²) in [5.41, 5.74) is 1.54. The fraction of sp³-hybridized carbons (Fsp3) is 0.391. The van der Waals surface area contributed by atoms with E-state index in [1.807, 2.05) is 36.9 Å². The summed E-state index contributed by atoms with van der Waals surface area (Å²) in [5, 5.41) is 0. The van der Waals surface area contributed by atoms with Crippen LogP contribution < -0.4 is 9.47 Å². The normalized spacial score (nSPS) is 17.0. The first kappa shape index (κ1) is 19.3.